The van der Waals surface area contributed by atoms with Crippen LogP contribution in [0.3, 0.4) is 0 Å². The first-order valence-corrected chi connectivity index (χ1v) is 5.38. The topological polar surface area (TPSA) is 64.1 Å². The Hall–Kier alpha value is -1.62. The zero-order valence-corrected chi connectivity index (χ0v) is 9.26. The first kappa shape index (κ1) is 10.9. The maximum atomic E-state index is 8.93. The summed E-state index contributed by atoms with van der Waals surface area (Å²) < 4.78 is 7.01. The fourth-order valence-electron chi connectivity index (χ4n) is 1.52. The molecule has 0 saturated heterocycles. The third-order valence-electron chi connectivity index (χ3n) is 2.29. The maximum Gasteiger partial charge on any atom is 0.226 e. The summed E-state index contributed by atoms with van der Waals surface area (Å²) in [5.74, 6) is 1.36. The molecule has 0 aromatic carbocycles. The van der Waals surface area contributed by atoms with Crippen molar-refractivity contribution >= 4 is 0 Å². The van der Waals surface area contributed by atoms with Crippen molar-refractivity contribution in [1.29, 1.82) is 0 Å². The highest BCUT2D eigenvalue weighted by Crippen LogP contribution is 2.05. The standard InChI is InChI=1S/C11H15N3O2/c1-2-3-11-12-10(13-16-11)7-14-5-4-9(6-14)8-15/h4-6,15H,2-3,7-8H2,1H3. The summed E-state index contributed by atoms with van der Waals surface area (Å²) in [5.41, 5.74) is 0.886. The fourth-order valence-corrected chi connectivity index (χ4v) is 1.52. The Morgan fingerprint density at radius 1 is 1.50 bits per heavy atom. The van der Waals surface area contributed by atoms with E-state index in [1.807, 2.05) is 23.0 Å². The van der Waals surface area contributed by atoms with Gasteiger partial charge < -0.3 is 14.2 Å². The van der Waals surface area contributed by atoms with Gasteiger partial charge in [0.05, 0.1) is 13.2 Å². The van der Waals surface area contributed by atoms with Gasteiger partial charge in [-0.3, -0.25) is 0 Å². The lowest BCUT2D eigenvalue weighted by Crippen LogP contribution is -1.98. The van der Waals surface area contributed by atoms with Crippen LogP contribution in [0, 0.1) is 0 Å². The van der Waals surface area contributed by atoms with E-state index in [9.17, 15) is 0 Å². The van der Waals surface area contributed by atoms with E-state index in [1.165, 1.54) is 0 Å². The van der Waals surface area contributed by atoms with Gasteiger partial charge in [0.2, 0.25) is 5.89 Å². The van der Waals surface area contributed by atoms with Gasteiger partial charge in [0.15, 0.2) is 5.82 Å². The zero-order chi connectivity index (χ0) is 11.4. The Kier molecular flexibility index (Phi) is 3.36. The molecular formula is C11H15N3O2. The van der Waals surface area contributed by atoms with E-state index >= 15 is 0 Å². The van der Waals surface area contributed by atoms with Crippen molar-refractivity contribution in [3.8, 4) is 0 Å². The summed E-state index contributed by atoms with van der Waals surface area (Å²) in [6.07, 6.45) is 5.58. The van der Waals surface area contributed by atoms with Gasteiger partial charge in [0.25, 0.3) is 0 Å². The van der Waals surface area contributed by atoms with Crippen LogP contribution < -0.4 is 0 Å². The molecule has 0 aliphatic rings. The van der Waals surface area contributed by atoms with E-state index in [0.29, 0.717) is 18.3 Å². The van der Waals surface area contributed by atoms with Crippen molar-refractivity contribution in [2.75, 3.05) is 0 Å². The summed E-state index contributed by atoms with van der Waals surface area (Å²) in [6, 6.07) is 1.87. The number of hydrogen-bond donors (Lipinski definition) is 1. The van der Waals surface area contributed by atoms with Crippen molar-refractivity contribution in [3.63, 3.8) is 0 Å². The summed E-state index contributed by atoms with van der Waals surface area (Å²) in [5, 5.41) is 12.8. The summed E-state index contributed by atoms with van der Waals surface area (Å²) in [6.45, 7) is 2.71. The smallest absolute Gasteiger partial charge is 0.226 e. The van der Waals surface area contributed by atoms with Crippen LogP contribution in [-0.2, 0) is 19.6 Å². The van der Waals surface area contributed by atoms with Gasteiger partial charge in [0, 0.05) is 18.8 Å². The molecule has 2 aromatic rings. The minimum absolute atomic E-state index is 0.0559. The van der Waals surface area contributed by atoms with Gasteiger partial charge in [0.1, 0.15) is 0 Å². The van der Waals surface area contributed by atoms with E-state index in [4.69, 9.17) is 9.63 Å². The Morgan fingerprint density at radius 2 is 2.38 bits per heavy atom. The molecule has 0 unspecified atom stereocenters. The lowest BCUT2D eigenvalue weighted by Gasteiger charge is -1.95. The molecule has 5 nitrogen and oxygen atoms in total. The van der Waals surface area contributed by atoms with Crippen LogP contribution in [0.25, 0.3) is 0 Å². The second-order valence-electron chi connectivity index (χ2n) is 3.70. The highest BCUT2D eigenvalue weighted by Gasteiger charge is 2.05. The number of nitrogens with zero attached hydrogens (tertiary/aromatic N) is 3. The van der Waals surface area contributed by atoms with E-state index in [1.54, 1.807) is 0 Å². The van der Waals surface area contributed by atoms with Crippen molar-refractivity contribution in [3.05, 3.63) is 35.7 Å². The Labute approximate surface area is 93.7 Å². The normalized spacial score (nSPS) is 10.9. The lowest BCUT2D eigenvalue weighted by atomic mass is 10.3. The second kappa shape index (κ2) is 4.94. The molecule has 0 saturated carbocycles. The highest BCUT2D eigenvalue weighted by atomic mass is 16.5. The minimum atomic E-state index is 0.0559. The van der Waals surface area contributed by atoms with Gasteiger partial charge in [-0.2, -0.15) is 4.98 Å². The SMILES string of the molecule is CCCc1nc(Cn2ccc(CO)c2)no1. The maximum absolute atomic E-state index is 8.93. The zero-order valence-electron chi connectivity index (χ0n) is 9.26. The molecule has 16 heavy (non-hydrogen) atoms. The Balaban J connectivity index is 2.02. The number of aliphatic hydroxyl groups is 1. The average molecular weight is 221 g/mol. The molecule has 86 valence electrons. The summed E-state index contributed by atoms with van der Waals surface area (Å²) >= 11 is 0. The molecule has 2 heterocycles. The largest absolute Gasteiger partial charge is 0.392 e. The van der Waals surface area contributed by atoms with Gasteiger partial charge >= 0.3 is 0 Å². The number of aryl methyl sites for hydroxylation is 1. The average Bonchev–Trinajstić information content (AvgIpc) is 2.89. The first-order valence-electron chi connectivity index (χ1n) is 5.38. The molecule has 0 aliphatic carbocycles. The van der Waals surface area contributed by atoms with E-state index in [-0.39, 0.29) is 6.61 Å². The fraction of sp³-hybridized carbons (Fsp3) is 0.455. The predicted octanol–water partition coefficient (Wildman–Crippen LogP) is 1.36. The molecule has 0 aliphatic heterocycles. The molecular weight excluding hydrogens is 206 g/mol. The van der Waals surface area contributed by atoms with Crippen LogP contribution in [0.15, 0.2) is 23.0 Å². The quantitative estimate of drug-likeness (QED) is 0.828. The predicted molar refractivity (Wildman–Crippen MR) is 57.7 cm³/mol. The van der Waals surface area contributed by atoms with E-state index in [2.05, 4.69) is 17.1 Å². The molecule has 0 atom stereocenters. The Bertz CT molecular complexity index is 448. The number of aliphatic hydroxyl groups excluding tert-OH is 1. The van der Waals surface area contributed by atoms with Crippen LogP contribution in [0.4, 0.5) is 0 Å². The molecule has 2 aromatic heterocycles. The molecule has 0 bridgehead atoms. The molecule has 1 N–H and O–H groups in total. The number of hydrogen-bond acceptors (Lipinski definition) is 4. The van der Waals surface area contributed by atoms with Crippen molar-refractivity contribution in [2.24, 2.45) is 0 Å². The van der Waals surface area contributed by atoms with Crippen molar-refractivity contribution < 1.29 is 9.63 Å². The number of rotatable bonds is 5. The van der Waals surface area contributed by atoms with Crippen LogP contribution in [0.2, 0.25) is 0 Å². The highest BCUT2D eigenvalue weighted by molar-refractivity contribution is 5.09. The molecule has 0 amide bonds. The van der Waals surface area contributed by atoms with E-state index < -0.39 is 0 Å². The van der Waals surface area contributed by atoms with Gasteiger partial charge in [-0.05, 0) is 18.1 Å². The molecule has 0 fully saturated rings. The molecule has 5 heteroatoms. The lowest BCUT2D eigenvalue weighted by molar-refractivity contribution is 0.281. The van der Waals surface area contributed by atoms with Crippen LogP contribution in [0.5, 0.6) is 0 Å². The van der Waals surface area contributed by atoms with Gasteiger partial charge in [-0.15, -0.1) is 0 Å². The monoisotopic (exact) mass is 221 g/mol. The third kappa shape index (κ3) is 2.49. The van der Waals surface area contributed by atoms with Gasteiger partial charge in [-0.1, -0.05) is 12.1 Å². The Morgan fingerprint density at radius 3 is 3.06 bits per heavy atom. The van der Waals surface area contributed by atoms with Crippen LogP contribution in [0.1, 0.15) is 30.6 Å². The molecule has 0 radical (unpaired) electrons. The summed E-state index contributed by atoms with van der Waals surface area (Å²) in [7, 11) is 0. The minimum Gasteiger partial charge on any atom is -0.392 e. The number of aromatic nitrogens is 3. The molecule has 0 spiro atoms. The van der Waals surface area contributed by atoms with Crippen molar-refractivity contribution in [1.82, 2.24) is 14.7 Å². The van der Waals surface area contributed by atoms with Crippen molar-refractivity contribution in [2.45, 2.75) is 32.9 Å². The van der Waals surface area contributed by atoms with Gasteiger partial charge in [-0.25, -0.2) is 0 Å². The van der Waals surface area contributed by atoms with Crippen LogP contribution >= 0.6 is 0 Å². The first-order chi connectivity index (χ1) is 7.81. The summed E-state index contributed by atoms with van der Waals surface area (Å²) in [4.78, 5) is 4.27. The molecule has 2 rings (SSSR count). The van der Waals surface area contributed by atoms with E-state index in [0.717, 1.165) is 18.4 Å². The second-order valence-corrected chi connectivity index (χ2v) is 3.70. The third-order valence-corrected chi connectivity index (χ3v) is 2.29. The van der Waals surface area contributed by atoms with Crippen LogP contribution in [-0.4, -0.2) is 19.8 Å².